The van der Waals surface area contributed by atoms with Crippen LogP contribution < -0.4 is 10.1 Å². The molecule has 4 nitrogen and oxygen atoms in total. The Kier molecular flexibility index (Phi) is 4.02. The predicted molar refractivity (Wildman–Crippen MR) is 78.9 cm³/mol. The Bertz CT molecular complexity index is 564. The van der Waals surface area contributed by atoms with Gasteiger partial charge in [0.15, 0.2) is 0 Å². The molecule has 106 valence electrons. The minimum absolute atomic E-state index is 0.405. The summed E-state index contributed by atoms with van der Waals surface area (Å²) in [6.45, 7) is 5.69. The molecular weight excluding hydrogens is 250 g/mol. The Morgan fingerprint density at radius 2 is 2.25 bits per heavy atom. The highest BCUT2D eigenvalue weighted by Crippen LogP contribution is 2.34. The lowest BCUT2D eigenvalue weighted by Gasteiger charge is -2.08. The fraction of sp³-hybridized carbons (Fsp3) is 0.438. The minimum atomic E-state index is 0.405. The van der Waals surface area contributed by atoms with Crippen molar-refractivity contribution in [2.45, 2.75) is 32.4 Å². The van der Waals surface area contributed by atoms with Crippen LogP contribution in [0.5, 0.6) is 5.75 Å². The summed E-state index contributed by atoms with van der Waals surface area (Å²) >= 11 is 0. The van der Waals surface area contributed by atoms with Crippen LogP contribution in [0.3, 0.4) is 0 Å². The first-order valence-corrected chi connectivity index (χ1v) is 7.31. The Balaban J connectivity index is 1.62. The Hall–Kier alpha value is -1.81. The first kappa shape index (κ1) is 13.2. The number of nitrogens with one attached hydrogen (secondary N) is 1. The minimum Gasteiger partial charge on any atom is -0.493 e. The van der Waals surface area contributed by atoms with Crippen LogP contribution in [0.4, 0.5) is 0 Å². The molecule has 0 radical (unpaired) electrons. The molecule has 4 heteroatoms. The molecule has 1 aromatic carbocycles. The van der Waals surface area contributed by atoms with E-state index in [0.29, 0.717) is 5.92 Å². The summed E-state index contributed by atoms with van der Waals surface area (Å²) in [5.41, 5.74) is 2.40. The van der Waals surface area contributed by atoms with Gasteiger partial charge in [-0.2, -0.15) is 5.10 Å². The summed E-state index contributed by atoms with van der Waals surface area (Å²) in [5, 5.41) is 7.99. The average Bonchev–Trinajstić information content (AvgIpc) is 3.08. The van der Waals surface area contributed by atoms with Crippen molar-refractivity contribution in [3.05, 3.63) is 47.8 Å². The molecule has 0 spiro atoms. The van der Waals surface area contributed by atoms with Crippen LogP contribution in [0.2, 0.25) is 0 Å². The van der Waals surface area contributed by atoms with Gasteiger partial charge in [-0.05, 0) is 25.1 Å². The molecule has 0 saturated carbocycles. The SMILES string of the molecule is CCCNCc1ccn(CC2COc3ccccc32)n1. The fourth-order valence-electron chi connectivity index (χ4n) is 2.60. The lowest BCUT2D eigenvalue weighted by Crippen LogP contribution is -2.15. The number of nitrogens with zero attached hydrogens (tertiary/aromatic N) is 2. The topological polar surface area (TPSA) is 39.1 Å². The third-order valence-corrected chi connectivity index (χ3v) is 3.64. The highest BCUT2D eigenvalue weighted by atomic mass is 16.5. The molecule has 3 rings (SSSR count). The highest BCUT2D eigenvalue weighted by molar-refractivity contribution is 5.39. The molecule has 1 aromatic heterocycles. The van der Waals surface area contributed by atoms with Gasteiger partial charge in [0, 0.05) is 24.2 Å². The van der Waals surface area contributed by atoms with Gasteiger partial charge in [-0.25, -0.2) is 0 Å². The molecule has 0 saturated heterocycles. The maximum atomic E-state index is 5.72. The number of aromatic nitrogens is 2. The predicted octanol–water partition coefficient (Wildman–Crippen LogP) is 2.56. The van der Waals surface area contributed by atoms with Crippen molar-refractivity contribution >= 4 is 0 Å². The number of ether oxygens (including phenoxy) is 1. The number of para-hydroxylation sites is 1. The molecule has 2 heterocycles. The second kappa shape index (κ2) is 6.09. The molecule has 1 atom stereocenters. The summed E-state index contributed by atoms with van der Waals surface area (Å²) in [6, 6.07) is 10.4. The lowest BCUT2D eigenvalue weighted by molar-refractivity contribution is 0.314. The van der Waals surface area contributed by atoms with E-state index in [-0.39, 0.29) is 0 Å². The largest absolute Gasteiger partial charge is 0.493 e. The normalized spacial score (nSPS) is 16.9. The van der Waals surface area contributed by atoms with Gasteiger partial charge in [-0.1, -0.05) is 25.1 Å². The van der Waals surface area contributed by atoms with E-state index in [4.69, 9.17) is 4.74 Å². The van der Waals surface area contributed by atoms with Crippen molar-refractivity contribution in [1.82, 2.24) is 15.1 Å². The van der Waals surface area contributed by atoms with Crippen LogP contribution >= 0.6 is 0 Å². The zero-order chi connectivity index (χ0) is 13.8. The molecule has 2 aromatic rings. The first-order valence-electron chi connectivity index (χ1n) is 7.31. The van der Waals surface area contributed by atoms with Crippen molar-refractivity contribution in [2.75, 3.05) is 13.2 Å². The maximum absolute atomic E-state index is 5.72. The monoisotopic (exact) mass is 271 g/mol. The van der Waals surface area contributed by atoms with Gasteiger partial charge in [0.25, 0.3) is 0 Å². The van der Waals surface area contributed by atoms with Crippen LogP contribution in [-0.4, -0.2) is 22.9 Å². The number of hydrogen-bond donors (Lipinski definition) is 1. The van der Waals surface area contributed by atoms with Crippen molar-refractivity contribution in [3.63, 3.8) is 0 Å². The quantitative estimate of drug-likeness (QED) is 0.821. The molecule has 0 aliphatic carbocycles. The zero-order valence-corrected chi connectivity index (χ0v) is 11.9. The molecule has 0 fully saturated rings. The smallest absolute Gasteiger partial charge is 0.122 e. The van der Waals surface area contributed by atoms with Crippen molar-refractivity contribution in [2.24, 2.45) is 0 Å². The number of benzene rings is 1. The van der Waals surface area contributed by atoms with E-state index in [2.05, 4.69) is 41.7 Å². The van der Waals surface area contributed by atoms with Gasteiger partial charge in [0.2, 0.25) is 0 Å². The molecule has 0 bridgehead atoms. The second-order valence-electron chi connectivity index (χ2n) is 5.25. The maximum Gasteiger partial charge on any atom is 0.122 e. The molecule has 1 N–H and O–H groups in total. The fourth-order valence-corrected chi connectivity index (χ4v) is 2.60. The van der Waals surface area contributed by atoms with Crippen LogP contribution in [0.25, 0.3) is 0 Å². The molecule has 20 heavy (non-hydrogen) atoms. The van der Waals surface area contributed by atoms with Crippen molar-refractivity contribution in [3.8, 4) is 5.75 Å². The van der Waals surface area contributed by atoms with Crippen LogP contribution in [0.15, 0.2) is 36.5 Å². The molecule has 0 amide bonds. The highest BCUT2D eigenvalue weighted by Gasteiger charge is 2.24. The van der Waals surface area contributed by atoms with E-state index in [1.165, 1.54) is 5.56 Å². The van der Waals surface area contributed by atoms with Gasteiger partial charge in [0.05, 0.1) is 18.8 Å². The number of fused-ring (bicyclic) bond motifs is 1. The van der Waals surface area contributed by atoms with E-state index in [1.54, 1.807) is 0 Å². The van der Waals surface area contributed by atoms with E-state index in [0.717, 1.165) is 44.1 Å². The van der Waals surface area contributed by atoms with Crippen molar-refractivity contribution < 1.29 is 4.74 Å². The van der Waals surface area contributed by atoms with E-state index >= 15 is 0 Å². The molecule has 1 unspecified atom stereocenters. The van der Waals surface area contributed by atoms with Gasteiger partial charge in [0.1, 0.15) is 5.75 Å². The lowest BCUT2D eigenvalue weighted by atomic mass is 10.0. The summed E-state index contributed by atoms with van der Waals surface area (Å²) < 4.78 is 7.74. The van der Waals surface area contributed by atoms with E-state index < -0.39 is 0 Å². The average molecular weight is 271 g/mol. The summed E-state index contributed by atoms with van der Waals surface area (Å²) in [6.07, 6.45) is 3.21. The summed E-state index contributed by atoms with van der Waals surface area (Å²) in [5.74, 6) is 1.43. The van der Waals surface area contributed by atoms with Gasteiger partial charge in [-0.3, -0.25) is 4.68 Å². The van der Waals surface area contributed by atoms with E-state index in [1.807, 2.05) is 16.8 Å². The van der Waals surface area contributed by atoms with Crippen molar-refractivity contribution in [1.29, 1.82) is 0 Å². The van der Waals surface area contributed by atoms with Crippen LogP contribution in [0, 0.1) is 0 Å². The Morgan fingerprint density at radius 1 is 1.35 bits per heavy atom. The second-order valence-corrected chi connectivity index (χ2v) is 5.25. The first-order chi connectivity index (χ1) is 9.86. The van der Waals surface area contributed by atoms with Crippen LogP contribution in [0.1, 0.15) is 30.5 Å². The molecular formula is C16H21N3O. The van der Waals surface area contributed by atoms with Gasteiger partial charge < -0.3 is 10.1 Å². The summed E-state index contributed by atoms with van der Waals surface area (Å²) in [7, 11) is 0. The number of hydrogen-bond acceptors (Lipinski definition) is 3. The third kappa shape index (κ3) is 2.85. The zero-order valence-electron chi connectivity index (χ0n) is 11.9. The standard InChI is InChI=1S/C16H21N3O/c1-2-8-17-10-14-7-9-19(18-14)11-13-12-20-16-6-4-3-5-15(13)16/h3-7,9,13,17H,2,8,10-12H2,1H3. The Morgan fingerprint density at radius 3 is 3.15 bits per heavy atom. The molecule has 1 aliphatic rings. The Labute approximate surface area is 119 Å². The summed E-state index contributed by atoms with van der Waals surface area (Å²) in [4.78, 5) is 0. The van der Waals surface area contributed by atoms with Crippen LogP contribution in [-0.2, 0) is 13.1 Å². The number of rotatable bonds is 6. The van der Waals surface area contributed by atoms with E-state index in [9.17, 15) is 0 Å². The van der Waals surface area contributed by atoms with Gasteiger partial charge in [-0.15, -0.1) is 0 Å². The third-order valence-electron chi connectivity index (χ3n) is 3.64. The van der Waals surface area contributed by atoms with Gasteiger partial charge >= 0.3 is 0 Å². The molecule has 1 aliphatic heterocycles.